The highest BCUT2D eigenvalue weighted by Crippen LogP contribution is 2.37. The van der Waals surface area contributed by atoms with Gasteiger partial charge >= 0.3 is 14.0 Å². The Morgan fingerprint density at radius 3 is 2.30 bits per heavy atom. The van der Waals surface area contributed by atoms with Crippen molar-refractivity contribution >= 4 is 14.0 Å². The van der Waals surface area contributed by atoms with E-state index in [4.69, 9.17) is 19.3 Å². The van der Waals surface area contributed by atoms with Crippen LogP contribution in [0.3, 0.4) is 0 Å². The molecule has 1 rings (SSSR count). The lowest BCUT2D eigenvalue weighted by Crippen LogP contribution is -2.11. The summed E-state index contributed by atoms with van der Waals surface area (Å²) in [5.41, 5.74) is 0.643. The van der Waals surface area contributed by atoms with Crippen molar-refractivity contribution in [3.05, 3.63) is 29.8 Å². The molecule has 0 unspecified atom stereocenters. The van der Waals surface area contributed by atoms with E-state index in [1.165, 1.54) is 24.3 Å². The van der Waals surface area contributed by atoms with E-state index in [1.807, 2.05) is 13.8 Å². The third-order valence-corrected chi connectivity index (χ3v) is 2.49. The first-order valence-corrected chi connectivity index (χ1v) is 7.43. The second-order valence-corrected chi connectivity index (χ2v) is 5.63. The molecule has 112 valence electrons. The molecule has 0 aliphatic heterocycles. The molecule has 0 spiro atoms. The maximum atomic E-state index is 11.2. The summed E-state index contributed by atoms with van der Waals surface area (Å²) in [5, 5.41) is 0. The Bertz CT molecular complexity index is 477. The number of hydrogen-bond donors (Lipinski definition) is 2. The molecule has 20 heavy (non-hydrogen) atoms. The molecule has 8 heteroatoms. The van der Waals surface area contributed by atoms with E-state index < -0.39 is 14.0 Å². The van der Waals surface area contributed by atoms with Gasteiger partial charge in [0, 0.05) is 0 Å². The molecule has 0 atom stereocenters. The molecule has 0 aliphatic carbocycles. The van der Waals surface area contributed by atoms with Crippen molar-refractivity contribution in [2.75, 3.05) is 6.61 Å². The Morgan fingerprint density at radius 2 is 1.80 bits per heavy atom. The molecule has 0 amide bonds. The lowest BCUT2D eigenvalue weighted by atomic mass is 10.2. The molecule has 7 nitrogen and oxygen atoms in total. The predicted octanol–water partition coefficient (Wildman–Crippen LogP) is 2.47. The number of ether oxygens (including phenoxy) is 2. The average Bonchev–Trinajstić information content (AvgIpc) is 2.33. The minimum Gasteiger partial charge on any atom is -0.434 e. The van der Waals surface area contributed by atoms with Crippen molar-refractivity contribution in [2.24, 2.45) is 5.92 Å². The third kappa shape index (κ3) is 7.13. The van der Waals surface area contributed by atoms with Crippen molar-refractivity contribution in [2.45, 2.75) is 20.5 Å². The summed E-state index contributed by atoms with van der Waals surface area (Å²) in [4.78, 5) is 28.4. The summed E-state index contributed by atoms with van der Waals surface area (Å²) in [6, 6.07) is 5.80. The van der Waals surface area contributed by atoms with Crippen molar-refractivity contribution in [1.29, 1.82) is 0 Å². The summed E-state index contributed by atoms with van der Waals surface area (Å²) < 4.78 is 24.7. The number of carbonyl (C=O) groups excluding carboxylic acids is 1. The monoisotopic (exact) mass is 304 g/mol. The van der Waals surface area contributed by atoms with Gasteiger partial charge in [-0.25, -0.2) is 9.36 Å². The van der Waals surface area contributed by atoms with Crippen LogP contribution in [0.2, 0.25) is 0 Å². The van der Waals surface area contributed by atoms with E-state index >= 15 is 0 Å². The summed E-state index contributed by atoms with van der Waals surface area (Å²) in [5.74, 6) is 0.260. The van der Waals surface area contributed by atoms with Crippen molar-refractivity contribution in [3.8, 4) is 5.75 Å². The smallest absolute Gasteiger partial charge is 0.434 e. The van der Waals surface area contributed by atoms with Gasteiger partial charge < -0.3 is 14.0 Å². The molecule has 1 aromatic carbocycles. The van der Waals surface area contributed by atoms with Crippen LogP contribution in [0.15, 0.2) is 24.3 Å². The largest absolute Gasteiger partial charge is 0.524 e. The molecule has 0 heterocycles. The van der Waals surface area contributed by atoms with Gasteiger partial charge in [-0.15, -0.1) is 0 Å². The zero-order chi connectivity index (χ0) is 15.2. The highest BCUT2D eigenvalue weighted by Gasteiger charge is 2.15. The third-order valence-electron chi connectivity index (χ3n) is 2.04. The summed E-state index contributed by atoms with van der Waals surface area (Å²) in [7, 11) is -4.56. The van der Waals surface area contributed by atoms with Gasteiger partial charge in [0.05, 0.1) is 6.61 Å². The van der Waals surface area contributed by atoms with Crippen LogP contribution >= 0.6 is 7.82 Å². The minimum absolute atomic E-state index is 0.00706. The normalized spacial score (nSPS) is 11.2. The average molecular weight is 304 g/mol. The lowest BCUT2D eigenvalue weighted by Gasteiger charge is -2.09. The van der Waals surface area contributed by atoms with Crippen LogP contribution in [-0.2, 0) is 20.6 Å². The van der Waals surface area contributed by atoms with E-state index in [-0.39, 0.29) is 24.9 Å². The minimum atomic E-state index is -4.56. The number of carbonyl (C=O) groups is 1. The van der Waals surface area contributed by atoms with Gasteiger partial charge in [0.2, 0.25) is 0 Å². The van der Waals surface area contributed by atoms with Crippen LogP contribution in [-0.4, -0.2) is 22.5 Å². The zero-order valence-electron chi connectivity index (χ0n) is 11.2. The second-order valence-electron chi connectivity index (χ2n) is 4.47. The molecule has 0 saturated carbocycles. The lowest BCUT2D eigenvalue weighted by molar-refractivity contribution is 0.0425. The first-order valence-electron chi connectivity index (χ1n) is 5.90. The molecule has 0 radical (unpaired) electrons. The summed E-state index contributed by atoms with van der Waals surface area (Å²) >= 11 is 0. The number of benzene rings is 1. The van der Waals surface area contributed by atoms with E-state index in [1.54, 1.807) is 0 Å². The molecule has 0 bridgehead atoms. The van der Waals surface area contributed by atoms with Crippen LogP contribution in [0, 0.1) is 5.92 Å². The SMILES string of the molecule is CC(C)COC(=O)OCc1ccc(OP(=O)(O)O)cc1. The maximum absolute atomic E-state index is 11.2. The van der Waals surface area contributed by atoms with Gasteiger partial charge in [0.15, 0.2) is 0 Å². The van der Waals surface area contributed by atoms with Gasteiger partial charge in [0.25, 0.3) is 0 Å². The van der Waals surface area contributed by atoms with Crippen LogP contribution in [0.5, 0.6) is 5.75 Å². The molecular weight excluding hydrogens is 287 g/mol. The Balaban J connectivity index is 2.42. The van der Waals surface area contributed by atoms with Crippen LogP contribution in [0.1, 0.15) is 19.4 Å². The number of hydrogen-bond acceptors (Lipinski definition) is 5. The quantitative estimate of drug-likeness (QED) is 0.614. The van der Waals surface area contributed by atoms with Gasteiger partial charge in [0.1, 0.15) is 12.4 Å². The molecule has 2 N–H and O–H groups in total. The molecular formula is C12H17O7P. The molecule has 0 aromatic heterocycles. The number of phosphoric ester groups is 1. The summed E-state index contributed by atoms with van der Waals surface area (Å²) in [6.07, 6.45) is -0.755. The second kappa shape index (κ2) is 7.28. The number of phosphoric acid groups is 1. The van der Waals surface area contributed by atoms with Crippen LogP contribution in [0.25, 0.3) is 0 Å². The van der Waals surface area contributed by atoms with Crippen LogP contribution < -0.4 is 4.52 Å². The van der Waals surface area contributed by atoms with E-state index in [2.05, 4.69) is 4.52 Å². The Morgan fingerprint density at radius 1 is 1.20 bits per heavy atom. The zero-order valence-corrected chi connectivity index (χ0v) is 12.1. The molecule has 1 aromatic rings. The predicted molar refractivity (Wildman–Crippen MR) is 70.1 cm³/mol. The van der Waals surface area contributed by atoms with Crippen molar-refractivity contribution < 1.29 is 33.1 Å². The fourth-order valence-electron chi connectivity index (χ4n) is 1.20. The fraction of sp³-hybridized carbons (Fsp3) is 0.417. The molecule has 0 aliphatic rings. The van der Waals surface area contributed by atoms with E-state index in [0.29, 0.717) is 5.56 Å². The Labute approximate surface area is 116 Å². The van der Waals surface area contributed by atoms with Gasteiger partial charge in [-0.2, -0.15) is 0 Å². The van der Waals surface area contributed by atoms with Gasteiger partial charge in [-0.3, -0.25) is 9.79 Å². The van der Waals surface area contributed by atoms with Crippen molar-refractivity contribution in [3.63, 3.8) is 0 Å². The van der Waals surface area contributed by atoms with E-state index in [9.17, 15) is 9.36 Å². The molecule has 0 saturated heterocycles. The van der Waals surface area contributed by atoms with E-state index in [0.717, 1.165) is 0 Å². The van der Waals surface area contributed by atoms with Gasteiger partial charge in [-0.05, 0) is 23.6 Å². The Hall–Kier alpha value is -1.56. The first kappa shape index (κ1) is 16.5. The standard InChI is InChI=1S/C12H17O7P/c1-9(2)7-17-12(13)18-8-10-3-5-11(6-4-10)19-20(14,15)16/h3-6,9H,7-8H2,1-2H3,(H2,14,15,16). The summed E-state index contributed by atoms with van der Waals surface area (Å²) in [6.45, 7) is 4.11. The van der Waals surface area contributed by atoms with Crippen LogP contribution in [0.4, 0.5) is 4.79 Å². The van der Waals surface area contributed by atoms with Crippen molar-refractivity contribution in [1.82, 2.24) is 0 Å². The Kier molecular flexibility index (Phi) is 6.01. The highest BCUT2D eigenvalue weighted by molar-refractivity contribution is 7.46. The highest BCUT2D eigenvalue weighted by atomic mass is 31.2. The fourth-order valence-corrected chi connectivity index (χ4v) is 1.60. The maximum Gasteiger partial charge on any atom is 0.524 e. The van der Waals surface area contributed by atoms with Gasteiger partial charge in [-0.1, -0.05) is 26.0 Å². The topological polar surface area (TPSA) is 102 Å². The first-order chi connectivity index (χ1) is 9.26. The number of rotatable bonds is 6. The molecule has 0 fully saturated rings.